The summed E-state index contributed by atoms with van der Waals surface area (Å²) in [6.45, 7) is 6.91. The maximum atomic E-state index is 12.6. The summed E-state index contributed by atoms with van der Waals surface area (Å²) in [4.78, 5) is 12.6. The summed E-state index contributed by atoms with van der Waals surface area (Å²) in [5.41, 5.74) is 3.30. The van der Waals surface area contributed by atoms with E-state index in [0.29, 0.717) is 23.1 Å². The molecule has 2 aromatic carbocycles. The first-order valence-corrected chi connectivity index (χ1v) is 13.0. The lowest BCUT2D eigenvalue weighted by Gasteiger charge is -2.34. The molecule has 3 unspecified atom stereocenters. The molecule has 0 heterocycles. The van der Waals surface area contributed by atoms with Crippen LogP contribution in [0.15, 0.2) is 48.5 Å². The van der Waals surface area contributed by atoms with E-state index >= 15 is 0 Å². The molecule has 174 valence electrons. The maximum absolute atomic E-state index is 12.6. The first-order chi connectivity index (χ1) is 15.6. The van der Waals surface area contributed by atoms with Crippen LogP contribution >= 0.6 is 0 Å². The smallest absolute Gasteiger partial charge is 0.343 e. The number of hydrogen-bond donors (Lipinski definition) is 0. The molecule has 3 rings (SSSR count). The molecule has 1 aliphatic rings. The van der Waals surface area contributed by atoms with Crippen molar-refractivity contribution in [2.75, 3.05) is 0 Å². The molecule has 0 radical (unpaired) electrons. The van der Waals surface area contributed by atoms with E-state index < -0.39 is 0 Å². The Hall–Kier alpha value is -2.09. The van der Waals surface area contributed by atoms with E-state index in [1.165, 1.54) is 75.3 Å². The average molecular weight is 435 g/mol. The van der Waals surface area contributed by atoms with Crippen molar-refractivity contribution in [3.05, 3.63) is 65.2 Å². The van der Waals surface area contributed by atoms with Crippen molar-refractivity contribution in [3.63, 3.8) is 0 Å². The molecule has 0 spiro atoms. The fourth-order valence-electron chi connectivity index (χ4n) is 5.28. The molecule has 0 aliphatic heterocycles. The number of hydrogen-bond acceptors (Lipinski definition) is 2. The van der Waals surface area contributed by atoms with Gasteiger partial charge in [-0.3, -0.25) is 0 Å². The van der Waals surface area contributed by atoms with Crippen LogP contribution in [0.2, 0.25) is 0 Å². The molecule has 0 aromatic heterocycles. The first kappa shape index (κ1) is 24.6. The first-order valence-electron chi connectivity index (χ1n) is 13.0. The minimum atomic E-state index is -0.275. The molecule has 1 fully saturated rings. The second-order valence-corrected chi connectivity index (χ2v) is 9.87. The van der Waals surface area contributed by atoms with E-state index in [-0.39, 0.29) is 5.97 Å². The van der Waals surface area contributed by atoms with Crippen LogP contribution in [-0.2, 0) is 6.42 Å². The zero-order valence-electron chi connectivity index (χ0n) is 20.4. The Morgan fingerprint density at radius 3 is 2.22 bits per heavy atom. The fourth-order valence-corrected chi connectivity index (χ4v) is 5.28. The van der Waals surface area contributed by atoms with Crippen LogP contribution in [0.3, 0.4) is 0 Å². The van der Waals surface area contributed by atoms with Crippen molar-refractivity contribution in [2.45, 2.75) is 97.3 Å². The standard InChI is InChI=1S/C30H42O2/c1-4-6-8-10-24-12-19-28(20-13-24)32-30(31)27-17-15-26(16-18-27)29-21-14-25(22-23(29)3)11-9-7-5-2/h12-13,15-20,23,25,29H,4-11,14,21-22H2,1-3H3. The van der Waals surface area contributed by atoms with Gasteiger partial charge in [0.05, 0.1) is 5.56 Å². The molecule has 1 saturated carbocycles. The van der Waals surface area contributed by atoms with E-state index in [0.717, 1.165) is 12.3 Å². The summed E-state index contributed by atoms with van der Waals surface area (Å²) in [5, 5.41) is 0. The van der Waals surface area contributed by atoms with Gasteiger partial charge in [-0.25, -0.2) is 4.79 Å². The van der Waals surface area contributed by atoms with Gasteiger partial charge in [0.15, 0.2) is 0 Å². The molecule has 2 aromatic rings. The van der Waals surface area contributed by atoms with Gasteiger partial charge in [-0.15, -0.1) is 0 Å². The van der Waals surface area contributed by atoms with Crippen molar-refractivity contribution < 1.29 is 9.53 Å². The van der Waals surface area contributed by atoms with Crippen molar-refractivity contribution in [3.8, 4) is 5.75 Å². The lowest BCUT2D eigenvalue weighted by Crippen LogP contribution is -2.21. The molecule has 32 heavy (non-hydrogen) atoms. The van der Waals surface area contributed by atoms with Crippen LogP contribution in [0.4, 0.5) is 0 Å². The molecule has 0 bridgehead atoms. The van der Waals surface area contributed by atoms with Gasteiger partial charge in [-0.05, 0) is 85.3 Å². The SMILES string of the molecule is CCCCCc1ccc(OC(=O)c2ccc(C3CCC(CCCCC)CC3C)cc2)cc1. The highest BCUT2D eigenvalue weighted by atomic mass is 16.5. The highest BCUT2D eigenvalue weighted by Crippen LogP contribution is 2.41. The molecule has 3 atom stereocenters. The Morgan fingerprint density at radius 2 is 1.56 bits per heavy atom. The minimum absolute atomic E-state index is 0.275. The Bertz CT molecular complexity index is 806. The lowest BCUT2D eigenvalue weighted by molar-refractivity contribution is 0.0734. The van der Waals surface area contributed by atoms with Gasteiger partial charge < -0.3 is 4.74 Å². The molecular formula is C30H42O2. The molecule has 0 amide bonds. The fraction of sp³-hybridized carbons (Fsp3) is 0.567. The van der Waals surface area contributed by atoms with Gasteiger partial charge in [-0.2, -0.15) is 0 Å². The Balaban J connectivity index is 1.51. The molecule has 2 nitrogen and oxygen atoms in total. The summed E-state index contributed by atoms with van der Waals surface area (Å²) in [5.74, 6) is 2.57. The zero-order valence-corrected chi connectivity index (χ0v) is 20.4. The predicted molar refractivity (Wildman–Crippen MR) is 134 cm³/mol. The maximum Gasteiger partial charge on any atom is 0.343 e. The van der Waals surface area contributed by atoms with E-state index in [1.54, 1.807) is 0 Å². The van der Waals surface area contributed by atoms with Gasteiger partial charge in [0.2, 0.25) is 0 Å². The van der Waals surface area contributed by atoms with Crippen molar-refractivity contribution >= 4 is 5.97 Å². The number of ether oxygens (including phenoxy) is 1. The molecule has 0 N–H and O–H groups in total. The quantitative estimate of drug-likeness (QED) is 0.201. The third-order valence-electron chi connectivity index (χ3n) is 7.27. The van der Waals surface area contributed by atoms with E-state index in [1.807, 2.05) is 24.3 Å². The number of carbonyl (C=O) groups is 1. The van der Waals surface area contributed by atoms with Crippen molar-refractivity contribution in [1.82, 2.24) is 0 Å². The van der Waals surface area contributed by atoms with Gasteiger partial charge in [0.1, 0.15) is 5.75 Å². The molecular weight excluding hydrogens is 392 g/mol. The molecule has 0 saturated heterocycles. The number of benzene rings is 2. The topological polar surface area (TPSA) is 26.3 Å². The van der Waals surface area contributed by atoms with Crippen LogP contribution in [-0.4, -0.2) is 5.97 Å². The largest absolute Gasteiger partial charge is 0.423 e. The Labute approximate surface area is 195 Å². The van der Waals surface area contributed by atoms with Crippen molar-refractivity contribution in [1.29, 1.82) is 0 Å². The number of aryl methyl sites for hydroxylation is 1. The number of unbranched alkanes of at least 4 members (excludes halogenated alkanes) is 4. The second kappa shape index (κ2) is 12.8. The minimum Gasteiger partial charge on any atom is -0.423 e. The van der Waals surface area contributed by atoms with Crippen molar-refractivity contribution in [2.24, 2.45) is 11.8 Å². The molecule has 2 heteroatoms. The normalized spacial score (nSPS) is 20.8. The van der Waals surface area contributed by atoms with Crippen LogP contribution in [0.1, 0.15) is 112 Å². The van der Waals surface area contributed by atoms with Crippen LogP contribution in [0.5, 0.6) is 5.75 Å². The van der Waals surface area contributed by atoms with E-state index in [2.05, 4.69) is 45.0 Å². The van der Waals surface area contributed by atoms with Crippen LogP contribution in [0.25, 0.3) is 0 Å². The zero-order chi connectivity index (χ0) is 22.8. The third-order valence-corrected chi connectivity index (χ3v) is 7.27. The predicted octanol–water partition coefficient (Wildman–Crippen LogP) is 8.74. The summed E-state index contributed by atoms with van der Waals surface area (Å²) in [6.07, 6.45) is 14.2. The van der Waals surface area contributed by atoms with E-state index in [4.69, 9.17) is 4.74 Å². The van der Waals surface area contributed by atoms with Crippen LogP contribution in [0, 0.1) is 11.8 Å². The van der Waals surface area contributed by atoms with Gasteiger partial charge in [-0.1, -0.05) is 83.6 Å². The number of carbonyl (C=O) groups excluding carboxylic acids is 1. The number of esters is 1. The molecule has 1 aliphatic carbocycles. The average Bonchev–Trinajstić information content (AvgIpc) is 2.81. The van der Waals surface area contributed by atoms with E-state index in [9.17, 15) is 4.79 Å². The summed E-state index contributed by atoms with van der Waals surface area (Å²) < 4.78 is 5.61. The van der Waals surface area contributed by atoms with Gasteiger partial charge in [0, 0.05) is 0 Å². The Kier molecular flexibility index (Phi) is 9.84. The highest BCUT2D eigenvalue weighted by molar-refractivity contribution is 5.91. The Morgan fingerprint density at radius 1 is 0.875 bits per heavy atom. The monoisotopic (exact) mass is 434 g/mol. The van der Waals surface area contributed by atoms with Gasteiger partial charge >= 0.3 is 5.97 Å². The third kappa shape index (κ3) is 7.22. The second-order valence-electron chi connectivity index (χ2n) is 9.87. The highest BCUT2D eigenvalue weighted by Gasteiger charge is 2.28. The summed E-state index contributed by atoms with van der Waals surface area (Å²) >= 11 is 0. The number of rotatable bonds is 11. The summed E-state index contributed by atoms with van der Waals surface area (Å²) in [7, 11) is 0. The lowest BCUT2D eigenvalue weighted by atomic mass is 9.71. The van der Waals surface area contributed by atoms with Gasteiger partial charge in [0.25, 0.3) is 0 Å². The van der Waals surface area contributed by atoms with Crippen LogP contribution < -0.4 is 4.74 Å². The summed E-state index contributed by atoms with van der Waals surface area (Å²) in [6, 6.07) is 16.1.